The lowest BCUT2D eigenvalue weighted by molar-refractivity contribution is -0.124. The number of aromatic nitrogens is 1. The molecule has 1 heterocycles. The summed E-state index contributed by atoms with van der Waals surface area (Å²) in [5.41, 5.74) is 1.04. The van der Waals surface area contributed by atoms with Crippen LogP contribution in [0.4, 0.5) is 9.93 Å². The molecular weight excluding hydrogens is 456 g/mol. The maximum atomic E-state index is 12.9. The molecule has 0 amide bonds. The Morgan fingerprint density at radius 1 is 1.19 bits per heavy atom. The molecule has 2 aromatic rings. The number of benzene rings is 1. The third-order valence-electron chi connectivity index (χ3n) is 4.88. The summed E-state index contributed by atoms with van der Waals surface area (Å²) in [5.74, 6) is -1.20. The van der Waals surface area contributed by atoms with Crippen LogP contribution in [0.1, 0.15) is 33.3 Å². The van der Waals surface area contributed by atoms with Crippen molar-refractivity contribution in [3.8, 4) is 0 Å². The first-order valence-electron chi connectivity index (χ1n) is 9.71. The van der Waals surface area contributed by atoms with Crippen LogP contribution in [0.2, 0.25) is 0 Å². The minimum atomic E-state index is -4.11. The predicted octanol–water partition coefficient (Wildman–Crippen LogP) is 4.05. The van der Waals surface area contributed by atoms with Gasteiger partial charge >= 0.3 is 6.16 Å². The molecular formula is C21H26N2O7S2. The van der Waals surface area contributed by atoms with Gasteiger partial charge in [-0.3, -0.25) is 9.52 Å². The Kier molecular flexibility index (Phi) is 8.93. The first kappa shape index (κ1) is 25.5. The number of nitrogens with one attached hydrogen (secondary N) is 1. The zero-order valence-electron chi connectivity index (χ0n) is 18.1. The molecule has 2 rings (SSSR count). The van der Waals surface area contributed by atoms with E-state index in [1.807, 2.05) is 30.3 Å². The molecule has 0 saturated carbocycles. The number of nitrogens with zero attached hydrogens (tertiary/aromatic N) is 1. The molecule has 0 spiro atoms. The van der Waals surface area contributed by atoms with Gasteiger partial charge in [-0.1, -0.05) is 37.3 Å². The number of thiazole rings is 1. The van der Waals surface area contributed by atoms with Gasteiger partial charge < -0.3 is 14.6 Å². The van der Waals surface area contributed by atoms with Gasteiger partial charge in [-0.2, -0.15) is 0 Å². The SMILES string of the molecule is CC(=O)[C@H](C)[C@@H](OCc1ccccc1)C(C)=C(OC(=O)O)C(C)S(=O)(=O)Nc1nccs1. The number of rotatable bonds is 11. The zero-order valence-corrected chi connectivity index (χ0v) is 19.8. The average Bonchev–Trinajstić information content (AvgIpc) is 3.24. The second-order valence-corrected chi connectivity index (χ2v) is 10.1. The van der Waals surface area contributed by atoms with Crippen LogP contribution in [0.25, 0.3) is 0 Å². The molecule has 11 heteroatoms. The van der Waals surface area contributed by atoms with E-state index in [4.69, 9.17) is 9.47 Å². The first-order valence-corrected chi connectivity index (χ1v) is 12.1. The Morgan fingerprint density at radius 2 is 1.84 bits per heavy atom. The fourth-order valence-electron chi connectivity index (χ4n) is 2.96. The number of ketones is 1. The molecule has 1 aromatic carbocycles. The maximum Gasteiger partial charge on any atom is 0.511 e. The Hall–Kier alpha value is -2.76. The fraction of sp³-hybridized carbons (Fsp3) is 0.381. The van der Waals surface area contributed by atoms with Crippen LogP contribution < -0.4 is 4.72 Å². The second-order valence-electron chi connectivity index (χ2n) is 7.16. The van der Waals surface area contributed by atoms with Crippen molar-refractivity contribution in [3.05, 3.63) is 58.8 Å². The van der Waals surface area contributed by atoms with Gasteiger partial charge in [-0.15, -0.1) is 11.3 Å². The molecule has 0 radical (unpaired) electrons. The third-order valence-corrected chi connectivity index (χ3v) is 7.32. The number of hydrogen-bond donors (Lipinski definition) is 2. The quantitative estimate of drug-likeness (QED) is 0.362. The topological polar surface area (TPSA) is 132 Å². The highest BCUT2D eigenvalue weighted by Crippen LogP contribution is 2.28. The van der Waals surface area contributed by atoms with Crippen molar-refractivity contribution >= 4 is 38.4 Å². The highest BCUT2D eigenvalue weighted by molar-refractivity contribution is 7.93. The van der Waals surface area contributed by atoms with Gasteiger partial charge in [0.05, 0.1) is 12.7 Å². The summed E-state index contributed by atoms with van der Waals surface area (Å²) in [4.78, 5) is 27.4. The van der Waals surface area contributed by atoms with Gasteiger partial charge in [0.15, 0.2) is 5.13 Å². The lowest BCUT2D eigenvalue weighted by Crippen LogP contribution is -2.34. The minimum absolute atomic E-state index is 0.137. The number of Topliss-reactive ketones (excluding diaryl/α,β-unsaturated/α-hetero) is 1. The van der Waals surface area contributed by atoms with Gasteiger partial charge in [0.25, 0.3) is 0 Å². The van der Waals surface area contributed by atoms with E-state index in [1.54, 1.807) is 12.3 Å². The van der Waals surface area contributed by atoms with Gasteiger partial charge in [-0.25, -0.2) is 18.2 Å². The second kappa shape index (κ2) is 11.2. The first-order chi connectivity index (χ1) is 15.0. The van der Waals surface area contributed by atoms with Crippen LogP contribution in [-0.2, 0) is 30.9 Å². The summed E-state index contributed by atoms with van der Waals surface area (Å²) in [6, 6.07) is 9.21. The summed E-state index contributed by atoms with van der Waals surface area (Å²) in [6.07, 6.45) is -1.14. The molecule has 0 aliphatic carbocycles. The number of hydrogen-bond acceptors (Lipinski definition) is 8. The molecule has 9 nitrogen and oxygen atoms in total. The highest BCUT2D eigenvalue weighted by Gasteiger charge is 2.34. The van der Waals surface area contributed by atoms with Crippen molar-refractivity contribution in [1.82, 2.24) is 4.98 Å². The zero-order chi connectivity index (χ0) is 23.9. The molecule has 0 saturated heterocycles. The van der Waals surface area contributed by atoms with E-state index in [0.29, 0.717) is 0 Å². The summed E-state index contributed by atoms with van der Waals surface area (Å²) in [7, 11) is -4.11. The number of ether oxygens (including phenoxy) is 2. The molecule has 0 fully saturated rings. The fourth-order valence-corrected chi connectivity index (χ4v) is 4.86. The lowest BCUT2D eigenvalue weighted by Gasteiger charge is -2.27. The molecule has 3 atom stereocenters. The third kappa shape index (κ3) is 6.87. The van der Waals surface area contributed by atoms with E-state index < -0.39 is 33.5 Å². The monoisotopic (exact) mass is 482 g/mol. The van der Waals surface area contributed by atoms with Crippen molar-refractivity contribution in [2.24, 2.45) is 5.92 Å². The Morgan fingerprint density at radius 3 is 2.38 bits per heavy atom. The van der Waals surface area contributed by atoms with Gasteiger partial charge in [0, 0.05) is 17.5 Å². The van der Waals surface area contributed by atoms with Crippen molar-refractivity contribution in [3.63, 3.8) is 0 Å². The summed E-state index contributed by atoms with van der Waals surface area (Å²) in [5, 5.41) is 9.59. The number of carbonyl (C=O) groups is 2. The van der Waals surface area contributed by atoms with Crippen LogP contribution in [0, 0.1) is 5.92 Å². The van der Waals surface area contributed by atoms with Gasteiger partial charge in [-0.05, 0) is 31.9 Å². The van der Waals surface area contributed by atoms with Crippen LogP contribution in [0.15, 0.2) is 53.2 Å². The van der Waals surface area contributed by atoms with E-state index in [2.05, 4.69) is 9.71 Å². The number of anilines is 1. The number of sulfonamides is 1. The van der Waals surface area contributed by atoms with Crippen LogP contribution in [-0.4, -0.2) is 41.8 Å². The number of carboxylic acid groups (broad SMARTS) is 1. The predicted molar refractivity (Wildman–Crippen MR) is 121 cm³/mol. The Bertz CT molecular complexity index is 1050. The van der Waals surface area contributed by atoms with E-state index in [-0.39, 0.29) is 28.9 Å². The molecule has 0 bridgehead atoms. The molecule has 0 aliphatic rings. The lowest BCUT2D eigenvalue weighted by atomic mass is 9.93. The smallest absolute Gasteiger partial charge is 0.449 e. The Balaban J connectivity index is 2.44. The van der Waals surface area contributed by atoms with E-state index in [1.165, 1.54) is 27.0 Å². The summed E-state index contributed by atoms with van der Waals surface area (Å²) in [6.45, 7) is 5.96. The van der Waals surface area contributed by atoms with E-state index in [9.17, 15) is 23.1 Å². The van der Waals surface area contributed by atoms with Crippen LogP contribution in [0.3, 0.4) is 0 Å². The van der Waals surface area contributed by atoms with Crippen molar-refractivity contribution in [1.29, 1.82) is 0 Å². The van der Waals surface area contributed by atoms with Gasteiger partial charge in [0.1, 0.15) is 16.8 Å². The minimum Gasteiger partial charge on any atom is -0.449 e. The molecule has 32 heavy (non-hydrogen) atoms. The number of carbonyl (C=O) groups excluding carboxylic acids is 1. The van der Waals surface area contributed by atoms with Gasteiger partial charge in [0.2, 0.25) is 10.0 Å². The molecule has 174 valence electrons. The maximum absolute atomic E-state index is 12.9. The molecule has 1 aromatic heterocycles. The van der Waals surface area contributed by atoms with Crippen LogP contribution >= 0.6 is 11.3 Å². The van der Waals surface area contributed by atoms with Crippen LogP contribution in [0.5, 0.6) is 0 Å². The Labute approximate surface area is 191 Å². The molecule has 2 N–H and O–H groups in total. The summed E-state index contributed by atoms with van der Waals surface area (Å²) >= 11 is 1.08. The average molecular weight is 483 g/mol. The molecule has 0 aliphatic heterocycles. The van der Waals surface area contributed by atoms with Crippen molar-refractivity contribution < 1.29 is 32.6 Å². The normalized spacial score (nSPS) is 15.2. The molecule has 1 unspecified atom stereocenters. The van der Waals surface area contributed by atoms with E-state index >= 15 is 0 Å². The van der Waals surface area contributed by atoms with Crippen molar-refractivity contribution in [2.75, 3.05) is 4.72 Å². The summed E-state index contributed by atoms with van der Waals surface area (Å²) < 4.78 is 38.9. The standard InChI is InChI=1S/C21H26N2O7S2/c1-13(15(3)24)18(29-12-17-8-6-5-7-9-17)14(2)19(30-21(25)26)16(4)32(27,28)23-20-22-10-11-31-20/h5-11,13,16,18H,12H2,1-4H3,(H,22,23)(H,25,26)/t13-,16?,18+/m0/s1. The largest absolute Gasteiger partial charge is 0.511 e. The van der Waals surface area contributed by atoms with E-state index in [0.717, 1.165) is 16.9 Å². The van der Waals surface area contributed by atoms with Crippen molar-refractivity contribution in [2.45, 2.75) is 45.7 Å². The highest BCUT2D eigenvalue weighted by atomic mass is 32.2.